The summed E-state index contributed by atoms with van der Waals surface area (Å²) in [6, 6.07) is 14.4. The zero-order valence-corrected chi connectivity index (χ0v) is 17.9. The van der Waals surface area contributed by atoms with Gasteiger partial charge in [0.1, 0.15) is 18.3 Å². The maximum absolute atomic E-state index is 12.7. The van der Waals surface area contributed by atoms with Gasteiger partial charge in [0.05, 0.1) is 21.2 Å². The molecule has 29 heavy (non-hydrogen) atoms. The van der Waals surface area contributed by atoms with Gasteiger partial charge in [0, 0.05) is 17.7 Å². The highest BCUT2D eigenvalue weighted by atomic mass is 16.5. The number of amides is 2. The molecule has 2 rings (SSSR count). The van der Waals surface area contributed by atoms with Crippen LogP contribution in [0.25, 0.3) is 0 Å². The van der Waals surface area contributed by atoms with Gasteiger partial charge in [0.25, 0.3) is 5.91 Å². The van der Waals surface area contributed by atoms with Crippen molar-refractivity contribution in [2.24, 2.45) is 5.92 Å². The Kier molecular flexibility index (Phi) is 8.21. The minimum Gasteiger partial charge on any atom is -0.497 e. The molecule has 156 valence electrons. The van der Waals surface area contributed by atoms with Crippen molar-refractivity contribution in [3.63, 3.8) is 0 Å². The minimum atomic E-state index is -0.610. The fourth-order valence-electron chi connectivity index (χ4n) is 2.98. The van der Waals surface area contributed by atoms with Crippen molar-refractivity contribution in [3.05, 3.63) is 65.2 Å². The number of ether oxygens (including phenoxy) is 1. The van der Waals surface area contributed by atoms with E-state index in [1.54, 1.807) is 31.4 Å². The third-order valence-corrected chi connectivity index (χ3v) is 4.64. The zero-order valence-electron chi connectivity index (χ0n) is 17.9. The van der Waals surface area contributed by atoms with Gasteiger partial charge in [-0.25, -0.2) is 0 Å². The Morgan fingerprint density at radius 3 is 2.07 bits per heavy atom. The molecule has 0 heterocycles. The number of rotatable bonds is 9. The average Bonchev–Trinajstić information content (AvgIpc) is 2.70. The van der Waals surface area contributed by atoms with Crippen molar-refractivity contribution in [1.29, 1.82) is 0 Å². The first-order chi connectivity index (χ1) is 13.8. The molecule has 0 radical (unpaired) electrons. The quantitative estimate of drug-likeness (QED) is 0.598. The summed E-state index contributed by atoms with van der Waals surface area (Å²) in [7, 11) is 5.80. The van der Waals surface area contributed by atoms with Crippen molar-refractivity contribution >= 4 is 11.8 Å². The first kappa shape index (κ1) is 22.4. The fraction of sp³-hybridized carbons (Fsp3) is 0.391. The van der Waals surface area contributed by atoms with Gasteiger partial charge >= 0.3 is 0 Å². The molecule has 2 aromatic rings. The Bertz CT molecular complexity index is 799. The molecule has 0 spiro atoms. The molecule has 0 aliphatic rings. The van der Waals surface area contributed by atoms with Gasteiger partial charge in [0.15, 0.2) is 0 Å². The van der Waals surface area contributed by atoms with Gasteiger partial charge in [0.2, 0.25) is 5.91 Å². The summed E-state index contributed by atoms with van der Waals surface area (Å²) in [5, 5.41) is 5.78. The second kappa shape index (κ2) is 10.6. The first-order valence-corrected chi connectivity index (χ1v) is 9.89. The summed E-state index contributed by atoms with van der Waals surface area (Å²) in [6.07, 6.45) is 0. The lowest BCUT2D eigenvalue weighted by Gasteiger charge is -2.22. The lowest BCUT2D eigenvalue weighted by molar-refractivity contribution is -0.872. The summed E-state index contributed by atoms with van der Waals surface area (Å²) in [4.78, 5) is 26.6. The lowest BCUT2D eigenvalue weighted by atomic mass is 10.0. The van der Waals surface area contributed by atoms with Crippen LogP contribution in [0.3, 0.4) is 0 Å². The van der Waals surface area contributed by atoms with Crippen molar-refractivity contribution in [2.45, 2.75) is 33.0 Å². The highest BCUT2D eigenvalue weighted by Crippen LogP contribution is 2.12. The Morgan fingerprint density at radius 2 is 1.55 bits per heavy atom. The Labute approximate surface area is 173 Å². The molecule has 6 nitrogen and oxygen atoms in total. The van der Waals surface area contributed by atoms with Crippen LogP contribution in [0.1, 0.15) is 35.3 Å². The number of nitrogens with one attached hydrogen (secondary N) is 3. The largest absolute Gasteiger partial charge is 0.497 e. The van der Waals surface area contributed by atoms with Gasteiger partial charge in [-0.2, -0.15) is 0 Å². The van der Waals surface area contributed by atoms with Crippen LogP contribution in [0.15, 0.2) is 48.5 Å². The van der Waals surface area contributed by atoms with E-state index in [0.29, 0.717) is 17.9 Å². The lowest BCUT2D eigenvalue weighted by Crippen LogP contribution is -3.04. The number of carbonyl (C=O) groups excluding carboxylic acids is 2. The van der Waals surface area contributed by atoms with Crippen LogP contribution in [-0.4, -0.2) is 39.1 Å². The van der Waals surface area contributed by atoms with E-state index in [9.17, 15) is 9.59 Å². The van der Waals surface area contributed by atoms with Crippen molar-refractivity contribution < 1.29 is 19.2 Å². The van der Waals surface area contributed by atoms with Crippen LogP contribution >= 0.6 is 0 Å². The number of hydrogen-bond acceptors (Lipinski definition) is 3. The van der Waals surface area contributed by atoms with E-state index < -0.39 is 6.04 Å². The number of benzene rings is 2. The highest BCUT2D eigenvalue weighted by Gasteiger charge is 2.24. The number of quaternary nitrogens is 1. The predicted octanol–water partition coefficient (Wildman–Crippen LogP) is 1.41. The topological polar surface area (TPSA) is 71.9 Å². The van der Waals surface area contributed by atoms with Crippen LogP contribution in [0.2, 0.25) is 0 Å². The number of hydrogen-bond donors (Lipinski definition) is 3. The molecule has 6 heteroatoms. The third kappa shape index (κ3) is 6.91. The summed E-state index contributed by atoms with van der Waals surface area (Å²) in [6.45, 7) is 5.21. The van der Waals surface area contributed by atoms with Crippen LogP contribution in [0, 0.1) is 5.92 Å². The molecule has 3 N–H and O–H groups in total. The highest BCUT2D eigenvalue weighted by molar-refractivity contribution is 5.97. The summed E-state index contributed by atoms with van der Waals surface area (Å²) < 4.78 is 5.11. The Morgan fingerprint density at radius 1 is 0.966 bits per heavy atom. The molecule has 0 saturated carbocycles. The number of methoxy groups -OCH3 is 1. The maximum atomic E-state index is 12.7. The normalized spacial score (nSPS) is 12.0. The molecule has 0 saturated heterocycles. The average molecular weight is 399 g/mol. The molecule has 0 fully saturated rings. The third-order valence-electron chi connectivity index (χ3n) is 4.64. The molecule has 1 atom stereocenters. The molecule has 0 aromatic heterocycles. The van der Waals surface area contributed by atoms with Crippen LogP contribution in [0.5, 0.6) is 5.75 Å². The van der Waals surface area contributed by atoms with Crippen LogP contribution in [-0.2, 0) is 17.9 Å². The SMILES string of the molecule is COc1ccc(C(=O)N[C@H](C(=O)NCc2ccc(C[NH+](C)C)cc2)C(C)C)cc1. The molecule has 2 aromatic carbocycles. The molecule has 0 unspecified atom stereocenters. The molecule has 0 aliphatic carbocycles. The van der Waals surface area contributed by atoms with Gasteiger partial charge in [-0.1, -0.05) is 38.1 Å². The van der Waals surface area contributed by atoms with Crippen molar-refractivity contribution in [1.82, 2.24) is 10.6 Å². The standard InChI is InChI=1S/C23H31N3O3/c1-16(2)21(25-22(27)19-10-12-20(29-5)13-11-19)23(28)24-14-17-6-8-18(9-7-17)15-26(3)4/h6-13,16,21H,14-15H2,1-5H3,(H,24,28)(H,25,27)/p+1/t21-/m0/s1. The zero-order chi connectivity index (χ0) is 21.4. The molecule has 0 bridgehead atoms. The number of carbonyl (C=O) groups is 2. The van der Waals surface area contributed by atoms with E-state index in [1.165, 1.54) is 10.5 Å². The smallest absolute Gasteiger partial charge is 0.251 e. The van der Waals surface area contributed by atoms with Crippen molar-refractivity contribution in [3.8, 4) is 5.75 Å². The van der Waals surface area contributed by atoms with Crippen molar-refractivity contribution in [2.75, 3.05) is 21.2 Å². The van der Waals surface area contributed by atoms with E-state index in [-0.39, 0.29) is 17.7 Å². The predicted molar refractivity (Wildman–Crippen MR) is 114 cm³/mol. The molecular weight excluding hydrogens is 366 g/mol. The molecule has 0 aliphatic heterocycles. The van der Waals surface area contributed by atoms with Gasteiger partial charge < -0.3 is 20.3 Å². The van der Waals surface area contributed by atoms with E-state index in [4.69, 9.17) is 4.74 Å². The second-order valence-electron chi connectivity index (χ2n) is 7.84. The monoisotopic (exact) mass is 398 g/mol. The molecular formula is C23H32N3O3+. The van der Waals surface area contributed by atoms with E-state index >= 15 is 0 Å². The van der Waals surface area contributed by atoms with Crippen LogP contribution < -0.4 is 20.3 Å². The second-order valence-corrected chi connectivity index (χ2v) is 7.84. The Hall–Kier alpha value is -2.86. The van der Waals surface area contributed by atoms with E-state index in [2.05, 4.69) is 36.9 Å². The molecule has 2 amide bonds. The maximum Gasteiger partial charge on any atom is 0.251 e. The van der Waals surface area contributed by atoms with Crippen LogP contribution in [0.4, 0.5) is 0 Å². The summed E-state index contributed by atoms with van der Waals surface area (Å²) in [5.74, 6) is 0.168. The summed E-state index contributed by atoms with van der Waals surface area (Å²) >= 11 is 0. The minimum absolute atomic E-state index is 0.0392. The van der Waals surface area contributed by atoms with Gasteiger partial charge in [-0.15, -0.1) is 0 Å². The Balaban J connectivity index is 1.95. The van der Waals surface area contributed by atoms with E-state index in [1.807, 2.05) is 26.0 Å². The van der Waals surface area contributed by atoms with E-state index in [0.717, 1.165) is 12.1 Å². The van der Waals surface area contributed by atoms with Gasteiger partial charge in [-0.05, 0) is 35.7 Å². The van der Waals surface area contributed by atoms with Gasteiger partial charge in [-0.3, -0.25) is 9.59 Å². The summed E-state index contributed by atoms with van der Waals surface area (Å²) in [5.41, 5.74) is 2.77. The first-order valence-electron chi connectivity index (χ1n) is 9.89. The fourth-order valence-corrected chi connectivity index (χ4v) is 2.98.